The number of hydrogen-bond donors (Lipinski definition) is 1. The second-order valence-corrected chi connectivity index (χ2v) is 4.34. The number of hydrogen-bond acceptors (Lipinski definition) is 2. The van der Waals surface area contributed by atoms with Gasteiger partial charge >= 0.3 is 6.36 Å². The zero-order valence-electron chi connectivity index (χ0n) is 10.5. The van der Waals surface area contributed by atoms with Crippen molar-refractivity contribution < 1.29 is 17.9 Å². The lowest BCUT2D eigenvalue weighted by Crippen LogP contribution is -2.17. The second kappa shape index (κ2) is 4.69. The Morgan fingerprint density at radius 1 is 1.00 bits per heavy atom. The fraction of sp³-hybridized carbons (Fsp3) is 0.0714. The number of rotatable bonds is 2. The molecule has 1 aromatic heterocycles. The zero-order chi connectivity index (χ0) is 15.0. The van der Waals surface area contributed by atoms with E-state index in [-0.39, 0.29) is 11.3 Å². The maximum Gasteiger partial charge on any atom is 0.573 e. The predicted octanol–water partition coefficient (Wildman–Crippen LogP) is 3.22. The molecule has 0 aliphatic carbocycles. The second-order valence-electron chi connectivity index (χ2n) is 4.34. The first-order valence-corrected chi connectivity index (χ1v) is 6.00. The van der Waals surface area contributed by atoms with Crippen LogP contribution in [0.5, 0.6) is 5.75 Å². The molecule has 0 aliphatic heterocycles. The van der Waals surface area contributed by atoms with E-state index in [2.05, 4.69) is 9.84 Å². The maximum atomic E-state index is 12.2. The van der Waals surface area contributed by atoms with Crippen LogP contribution in [0.15, 0.2) is 53.3 Å². The molecule has 0 unspecified atom stereocenters. The van der Waals surface area contributed by atoms with Crippen molar-refractivity contribution in [3.8, 4) is 11.4 Å². The number of nitrogens with zero attached hydrogens (tertiary/aromatic N) is 1. The van der Waals surface area contributed by atoms with Crippen LogP contribution < -0.4 is 10.3 Å². The van der Waals surface area contributed by atoms with Crippen molar-refractivity contribution >= 4 is 10.9 Å². The molecule has 4 nitrogen and oxygen atoms in total. The molecular formula is C14H9F3N2O2. The van der Waals surface area contributed by atoms with E-state index in [4.69, 9.17) is 0 Å². The number of fused-ring (bicyclic) bond motifs is 1. The summed E-state index contributed by atoms with van der Waals surface area (Å²) in [4.78, 5) is 12.2. The van der Waals surface area contributed by atoms with Crippen molar-refractivity contribution in [3.05, 3.63) is 58.9 Å². The third kappa shape index (κ3) is 2.62. The largest absolute Gasteiger partial charge is 0.573 e. The third-order valence-corrected chi connectivity index (χ3v) is 2.92. The van der Waals surface area contributed by atoms with Gasteiger partial charge in [0.1, 0.15) is 5.75 Å². The molecule has 0 fully saturated rings. The van der Waals surface area contributed by atoms with E-state index in [1.54, 1.807) is 24.3 Å². The van der Waals surface area contributed by atoms with Gasteiger partial charge in [0.05, 0.1) is 16.6 Å². The van der Waals surface area contributed by atoms with E-state index in [1.807, 2.05) is 0 Å². The number of para-hydroxylation sites is 1. The molecule has 1 heterocycles. The predicted molar refractivity (Wildman–Crippen MR) is 70.6 cm³/mol. The molecule has 2 aromatic carbocycles. The minimum atomic E-state index is -4.74. The fourth-order valence-corrected chi connectivity index (χ4v) is 2.04. The lowest BCUT2D eigenvalue weighted by Gasteiger charge is -2.09. The Balaban J connectivity index is 2.00. The van der Waals surface area contributed by atoms with Gasteiger partial charge in [0.2, 0.25) is 0 Å². The summed E-state index contributed by atoms with van der Waals surface area (Å²) >= 11 is 0. The van der Waals surface area contributed by atoms with Crippen LogP contribution in [0.25, 0.3) is 16.6 Å². The van der Waals surface area contributed by atoms with Gasteiger partial charge in [0.15, 0.2) is 0 Å². The van der Waals surface area contributed by atoms with E-state index in [0.717, 1.165) is 12.1 Å². The topological polar surface area (TPSA) is 47.0 Å². The summed E-state index contributed by atoms with van der Waals surface area (Å²) in [7, 11) is 0. The van der Waals surface area contributed by atoms with Gasteiger partial charge in [-0.25, -0.2) is 4.68 Å². The summed E-state index contributed by atoms with van der Waals surface area (Å²) in [6.07, 6.45) is -4.74. The van der Waals surface area contributed by atoms with Gasteiger partial charge in [-0.2, -0.15) is 0 Å². The summed E-state index contributed by atoms with van der Waals surface area (Å²) in [5.74, 6) is -0.338. The first-order valence-electron chi connectivity index (χ1n) is 6.00. The molecule has 3 rings (SSSR count). The Labute approximate surface area is 116 Å². The Kier molecular flexibility index (Phi) is 2.97. The fourth-order valence-electron chi connectivity index (χ4n) is 2.04. The van der Waals surface area contributed by atoms with Crippen molar-refractivity contribution in [1.29, 1.82) is 0 Å². The first kappa shape index (κ1) is 13.3. The van der Waals surface area contributed by atoms with Gasteiger partial charge in [0.25, 0.3) is 5.56 Å². The highest BCUT2D eigenvalue weighted by Gasteiger charge is 2.31. The number of nitrogens with one attached hydrogen (secondary N) is 1. The van der Waals surface area contributed by atoms with Crippen LogP contribution in [-0.4, -0.2) is 16.1 Å². The van der Waals surface area contributed by atoms with Crippen LogP contribution >= 0.6 is 0 Å². The number of alkyl halides is 3. The van der Waals surface area contributed by atoms with E-state index < -0.39 is 6.36 Å². The number of benzene rings is 2. The standard InChI is InChI=1S/C14H9F3N2O2/c15-14(16,17)21-10-7-5-9(6-8-10)19-13(20)11-3-1-2-4-12(11)18-19/h1-8,18H. The van der Waals surface area contributed by atoms with Crippen LogP contribution in [-0.2, 0) is 0 Å². The maximum absolute atomic E-state index is 12.2. The number of halogens is 3. The number of aromatic amines is 1. The van der Waals surface area contributed by atoms with Crippen LogP contribution in [0.2, 0.25) is 0 Å². The Bertz CT molecular complexity index is 832. The molecule has 0 atom stereocenters. The number of ether oxygens (including phenoxy) is 1. The number of H-pyrrole nitrogens is 1. The molecule has 108 valence electrons. The van der Waals surface area contributed by atoms with Crippen LogP contribution in [0.4, 0.5) is 13.2 Å². The lowest BCUT2D eigenvalue weighted by molar-refractivity contribution is -0.274. The Morgan fingerprint density at radius 3 is 2.29 bits per heavy atom. The summed E-state index contributed by atoms with van der Waals surface area (Å²) in [6, 6.07) is 12.0. The van der Waals surface area contributed by atoms with Gasteiger partial charge in [-0.3, -0.25) is 9.89 Å². The summed E-state index contributed by atoms with van der Waals surface area (Å²) in [5, 5.41) is 3.40. The third-order valence-electron chi connectivity index (χ3n) is 2.92. The van der Waals surface area contributed by atoms with Crippen molar-refractivity contribution in [2.45, 2.75) is 6.36 Å². The van der Waals surface area contributed by atoms with Crippen molar-refractivity contribution in [2.75, 3.05) is 0 Å². The van der Waals surface area contributed by atoms with E-state index in [0.29, 0.717) is 16.6 Å². The molecular weight excluding hydrogens is 285 g/mol. The molecule has 0 radical (unpaired) electrons. The lowest BCUT2D eigenvalue weighted by atomic mass is 10.2. The molecule has 0 aliphatic rings. The molecule has 1 N–H and O–H groups in total. The molecule has 0 saturated carbocycles. The highest BCUT2D eigenvalue weighted by molar-refractivity contribution is 5.78. The summed E-state index contributed by atoms with van der Waals surface area (Å²) in [6.45, 7) is 0. The van der Waals surface area contributed by atoms with Gasteiger partial charge in [-0.15, -0.1) is 13.2 Å². The van der Waals surface area contributed by atoms with Gasteiger partial charge in [0, 0.05) is 0 Å². The smallest absolute Gasteiger partial charge is 0.406 e. The van der Waals surface area contributed by atoms with E-state index in [1.165, 1.54) is 16.8 Å². The molecule has 0 amide bonds. The zero-order valence-corrected chi connectivity index (χ0v) is 10.5. The van der Waals surface area contributed by atoms with Crippen molar-refractivity contribution in [1.82, 2.24) is 9.78 Å². The molecule has 0 saturated heterocycles. The molecule has 21 heavy (non-hydrogen) atoms. The van der Waals surface area contributed by atoms with Crippen molar-refractivity contribution in [3.63, 3.8) is 0 Å². The van der Waals surface area contributed by atoms with Crippen molar-refractivity contribution in [2.24, 2.45) is 0 Å². The molecule has 0 bridgehead atoms. The highest BCUT2D eigenvalue weighted by Crippen LogP contribution is 2.23. The Morgan fingerprint density at radius 2 is 1.67 bits per heavy atom. The van der Waals surface area contributed by atoms with Crippen LogP contribution in [0, 0.1) is 0 Å². The average Bonchev–Trinajstić information content (AvgIpc) is 2.76. The minimum absolute atomic E-state index is 0.268. The SMILES string of the molecule is O=c1c2ccccc2[nH]n1-c1ccc(OC(F)(F)F)cc1. The number of aromatic nitrogens is 2. The average molecular weight is 294 g/mol. The highest BCUT2D eigenvalue weighted by atomic mass is 19.4. The van der Waals surface area contributed by atoms with E-state index in [9.17, 15) is 18.0 Å². The summed E-state index contributed by atoms with van der Waals surface area (Å²) < 4.78 is 41.3. The summed E-state index contributed by atoms with van der Waals surface area (Å²) in [5.41, 5.74) is 0.805. The quantitative estimate of drug-likeness (QED) is 0.789. The van der Waals surface area contributed by atoms with Gasteiger partial charge in [-0.1, -0.05) is 12.1 Å². The van der Waals surface area contributed by atoms with Gasteiger partial charge < -0.3 is 4.74 Å². The molecule has 3 aromatic rings. The first-order chi connectivity index (χ1) is 9.94. The van der Waals surface area contributed by atoms with Gasteiger partial charge in [-0.05, 0) is 36.4 Å². The molecule has 7 heteroatoms. The van der Waals surface area contributed by atoms with Crippen LogP contribution in [0.1, 0.15) is 0 Å². The minimum Gasteiger partial charge on any atom is -0.406 e. The Hall–Kier alpha value is -2.70. The monoisotopic (exact) mass is 294 g/mol. The molecule has 0 spiro atoms. The normalized spacial score (nSPS) is 11.8. The van der Waals surface area contributed by atoms with Crippen LogP contribution in [0.3, 0.4) is 0 Å². The van der Waals surface area contributed by atoms with E-state index >= 15 is 0 Å².